The predicted molar refractivity (Wildman–Crippen MR) is 126 cm³/mol. The number of ether oxygens (including phenoxy) is 1. The smallest absolute Gasteiger partial charge is 0.326 e. The van der Waals surface area contributed by atoms with Gasteiger partial charge in [-0.25, -0.2) is 4.79 Å². The Labute approximate surface area is 188 Å². The van der Waals surface area contributed by atoms with Gasteiger partial charge in [0.05, 0.1) is 6.54 Å². The highest BCUT2D eigenvalue weighted by Crippen LogP contribution is 2.16. The standard InChI is InChI=1S/C26H42N2O3/c1-2-3-4-5-6-7-8-9-10-11-12-13-14-18-21-31-25-24(29)27-26(30)28(25)22-23-19-16-15-17-20-23/h15-17,19-20,25H,2-14,18,21-22H2,1H3,(H,27,29,30). The minimum atomic E-state index is -0.810. The van der Waals surface area contributed by atoms with Crippen LogP contribution in [-0.4, -0.2) is 29.7 Å². The molecule has 1 atom stereocenters. The number of imide groups is 1. The van der Waals surface area contributed by atoms with Crippen molar-refractivity contribution in [1.29, 1.82) is 0 Å². The lowest BCUT2D eigenvalue weighted by Gasteiger charge is -2.21. The van der Waals surface area contributed by atoms with Crippen molar-refractivity contribution in [1.82, 2.24) is 10.2 Å². The molecule has 1 aliphatic rings. The highest BCUT2D eigenvalue weighted by molar-refractivity contribution is 6.03. The number of carbonyl (C=O) groups excluding carboxylic acids is 2. The number of nitrogens with zero attached hydrogens (tertiary/aromatic N) is 1. The van der Waals surface area contributed by atoms with Gasteiger partial charge in [0.25, 0.3) is 5.91 Å². The number of hydrogen-bond acceptors (Lipinski definition) is 3. The van der Waals surface area contributed by atoms with E-state index in [1.165, 1.54) is 81.9 Å². The van der Waals surface area contributed by atoms with Crippen molar-refractivity contribution in [2.45, 2.75) is 110 Å². The first kappa shape index (κ1) is 25.4. The molecule has 0 aromatic heterocycles. The molecule has 1 fully saturated rings. The zero-order valence-electron chi connectivity index (χ0n) is 19.4. The van der Waals surface area contributed by atoms with Crippen LogP contribution in [0.3, 0.4) is 0 Å². The first-order chi connectivity index (χ1) is 15.2. The number of carbonyl (C=O) groups is 2. The molecule has 0 saturated carbocycles. The zero-order chi connectivity index (χ0) is 22.2. The lowest BCUT2D eigenvalue weighted by Crippen LogP contribution is -2.37. The third-order valence-electron chi connectivity index (χ3n) is 5.97. The highest BCUT2D eigenvalue weighted by atomic mass is 16.5. The van der Waals surface area contributed by atoms with Gasteiger partial charge in [-0.2, -0.15) is 0 Å². The molecule has 1 unspecified atom stereocenters. The Hall–Kier alpha value is -1.88. The largest absolute Gasteiger partial charge is 0.349 e. The van der Waals surface area contributed by atoms with E-state index in [2.05, 4.69) is 12.2 Å². The number of benzene rings is 1. The molecule has 0 aliphatic carbocycles. The Morgan fingerprint density at radius 2 is 1.29 bits per heavy atom. The van der Waals surface area contributed by atoms with Crippen LogP contribution in [-0.2, 0) is 16.1 Å². The molecule has 1 heterocycles. The Balaban J connectivity index is 1.46. The summed E-state index contributed by atoms with van der Waals surface area (Å²) in [4.78, 5) is 25.6. The van der Waals surface area contributed by atoms with E-state index in [9.17, 15) is 9.59 Å². The highest BCUT2D eigenvalue weighted by Gasteiger charge is 2.38. The van der Waals surface area contributed by atoms with E-state index >= 15 is 0 Å². The summed E-state index contributed by atoms with van der Waals surface area (Å²) < 4.78 is 5.77. The van der Waals surface area contributed by atoms with Crippen LogP contribution in [0, 0.1) is 0 Å². The maximum absolute atomic E-state index is 12.1. The molecule has 0 bridgehead atoms. The summed E-state index contributed by atoms with van der Waals surface area (Å²) in [5, 5.41) is 2.36. The van der Waals surface area contributed by atoms with E-state index in [1.807, 2.05) is 30.3 Å². The van der Waals surface area contributed by atoms with E-state index < -0.39 is 6.23 Å². The molecule has 1 saturated heterocycles. The second-order valence-electron chi connectivity index (χ2n) is 8.73. The molecule has 31 heavy (non-hydrogen) atoms. The molecule has 1 aromatic rings. The minimum Gasteiger partial charge on any atom is -0.349 e. The number of amides is 3. The van der Waals surface area contributed by atoms with E-state index in [0.717, 1.165) is 18.4 Å². The number of unbranched alkanes of at least 4 members (excludes halogenated alkanes) is 13. The third kappa shape index (κ3) is 10.3. The van der Waals surface area contributed by atoms with E-state index in [-0.39, 0.29) is 11.9 Å². The van der Waals surface area contributed by atoms with Crippen molar-refractivity contribution in [2.75, 3.05) is 6.61 Å². The second kappa shape index (κ2) is 15.9. The summed E-state index contributed by atoms with van der Waals surface area (Å²) in [7, 11) is 0. The van der Waals surface area contributed by atoms with Gasteiger partial charge >= 0.3 is 6.03 Å². The molecule has 0 spiro atoms. The van der Waals surface area contributed by atoms with E-state index in [0.29, 0.717) is 13.2 Å². The van der Waals surface area contributed by atoms with Gasteiger partial charge in [0.2, 0.25) is 6.23 Å². The Morgan fingerprint density at radius 1 is 0.774 bits per heavy atom. The van der Waals surface area contributed by atoms with Crippen molar-refractivity contribution in [3.8, 4) is 0 Å². The quantitative estimate of drug-likeness (QED) is 0.212. The summed E-state index contributed by atoms with van der Waals surface area (Å²) in [5.41, 5.74) is 0.984. The maximum atomic E-state index is 12.1. The van der Waals surface area contributed by atoms with Crippen LogP contribution >= 0.6 is 0 Å². The number of rotatable bonds is 18. The summed E-state index contributed by atoms with van der Waals surface area (Å²) in [6.07, 6.45) is 17.5. The molecular weight excluding hydrogens is 388 g/mol. The summed E-state index contributed by atoms with van der Waals surface area (Å²) >= 11 is 0. The van der Waals surface area contributed by atoms with Gasteiger partial charge in [0, 0.05) is 6.61 Å². The van der Waals surface area contributed by atoms with Gasteiger partial charge in [-0.15, -0.1) is 0 Å². The molecule has 1 aromatic carbocycles. The Kier molecular flexibility index (Phi) is 13.0. The molecule has 1 aliphatic heterocycles. The molecular formula is C26H42N2O3. The van der Waals surface area contributed by atoms with Crippen LogP contribution < -0.4 is 5.32 Å². The Bertz CT molecular complexity index is 620. The first-order valence-electron chi connectivity index (χ1n) is 12.5. The van der Waals surface area contributed by atoms with Crippen LogP contribution in [0.2, 0.25) is 0 Å². The van der Waals surface area contributed by atoms with Crippen LogP contribution in [0.15, 0.2) is 30.3 Å². The van der Waals surface area contributed by atoms with Crippen molar-refractivity contribution in [3.63, 3.8) is 0 Å². The summed E-state index contributed by atoms with van der Waals surface area (Å²) in [6.45, 7) is 3.15. The zero-order valence-corrected chi connectivity index (χ0v) is 19.4. The molecule has 1 N–H and O–H groups in total. The molecule has 174 valence electrons. The van der Waals surface area contributed by atoms with Crippen LogP contribution in [0.25, 0.3) is 0 Å². The first-order valence-corrected chi connectivity index (χ1v) is 12.5. The van der Waals surface area contributed by atoms with Crippen molar-refractivity contribution in [3.05, 3.63) is 35.9 Å². The molecule has 0 radical (unpaired) electrons. The van der Waals surface area contributed by atoms with Gasteiger partial charge in [-0.3, -0.25) is 15.0 Å². The minimum absolute atomic E-state index is 0.355. The van der Waals surface area contributed by atoms with Crippen molar-refractivity contribution >= 4 is 11.9 Å². The predicted octanol–water partition coefficient (Wildman–Crippen LogP) is 6.56. The normalized spacial score (nSPS) is 16.2. The summed E-state index contributed by atoms with van der Waals surface area (Å²) in [5.74, 6) is -0.355. The van der Waals surface area contributed by atoms with Gasteiger partial charge in [-0.05, 0) is 12.0 Å². The van der Waals surface area contributed by atoms with Crippen molar-refractivity contribution < 1.29 is 14.3 Å². The third-order valence-corrected chi connectivity index (χ3v) is 5.97. The lowest BCUT2D eigenvalue weighted by atomic mass is 10.0. The van der Waals surface area contributed by atoms with Crippen LogP contribution in [0.4, 0.5) is 4.79 Å². The van der Waals surface area contributed by atoms with Gasteiger partial charge in [0.1, 0.15) is 0 Å². The SMILES string of the molecule is CCCCCCCCCCCCCCCCOC1C(=O)NC(=O)N1Cc1ccccc1. The van der Waals surface area contributed by atoms with Crippen LogP contribution in [0.1, 0.15) is 102 Å². The van der Waals surface area contributed by atoms with E-state index in [1.54, 1.807) is 0 Å². The Morgan fingerprint density at radius 3 is 1.84 bits per heavy atom. The average molecular weight is 431 g/mol. The van der Waals surface area contributed by atoms with Crippen LogP contribution in [0.5, 0.6) is 0 Å². The monoisotopic (exact) mass is 430 g/mol. The topological polar surface area (TPSA) is 58.6 Å². The molecule has 2 rings (SSSR count). The van der Waals surface area contributed by atoms with Crippen molar-refractivity contribution in [2.24, 2.45) is 0 Å². The fourth-order valence-corrected chi connectivity index (χ4v) is 4.08. The molecule has 3 amide bonds. The number of hydrogen-bond donors (Lipinski definition) is 1. The fraction of sp³-hybridized carbons (Fsp3) is 0.692. The summed E-state index contributed by atoms with van der Waals surface area (Å²) in [6, 6.07) is 9.30. The lowest BCUT2D eigenvalue weighted by molar-refractivity contribution is -0.136. The van der Waals surface area contributed by atoms with E-state index in [4.69, 9.17) is 4.74 Å². The van der Waals surface area contributed by atoms with Gasteiger partial charge in [-0.1, -0.05) is 121 Å². The maximum Gasteiger partial charge on any atom is 0.326 e. The molecule has 5 heteroatoms. The molecule has 5 nitrogen and oxygen atoms in total. The second-order valence-corrected chi connectivity index (χ2v) is 8.73. The average Bonchev–Trinajstić information content (AvgIpc) is 3.04. The number of nitrogens with one attached hydrogen (secondary N) is 1. The van der Waals surface area contributed by atoms with Gasteiger partial charge in [0.15, 0.2) is 0 Å². The van der Waals surface area contributed by atoms with Gasteiger partial charge < -0.3 is 4.74 Å². The fourth-order valence-electron chi connectivity index (χ4n) is 4.08. The number of urea groups is 1.